The van der Waals surface area contributed by atoms with Gasteiger partial charge in [-0.3, -0.25) is 9.48 Å². The second kappa shape index (κ2) is 10.3. The van der Waals surface area contributed by atoms with Crippen LogP contribution in [0.15, 0.2) is 48.7 Å². The maximum atomic E-state index is 11.4. The summed E-state index contributed by atoms with van der Waals surface area (Å²) in [5.41, 5.74) is 5.28. The molecule has 2 aliphatic carbocycles. The average molecular weight is 540 g/mol. The lowest BCUT2D eigenvalue weighted by atomic mass is 10.0. The molecule has 0 N–H and O–H groups in total. The lowest BCUT2D eigenvalue weighted by molar-refractivity contribution is -0.140. The first-order chi connectivity index (χ1) is 18.0. The van der Waals surface area contributed by atoms with Gasteiger partial charge in [0.15, 0.2) is 0 Å². The number of hydrogen-bond acceptors (Lipinski definition) is 5. The molecular weight excluding hydrogens is 509 g/mol. The van der Waals surface area contributed by atoms with Crippen molar-refractivity contribution in [2.45, 2.75) is 63.3 Å². The van der Waals surface area contributed by atoms with Crippen molar-refractivity contribution in [2.75, 3.05) is 18.6 Å². The van der Waals surface area contributed by atoms with Crippen LogP contribution in [0.3, 0.4) is 0 Å². The molecule has 0 amide bonds. The van der Waals surface area contributed by atoms with E-state index in [-0.39, 0.29) is 12.1 Å². The number of carbonyl (C=O) groups is 1. The molecule has 194 valence electrons. The summed E-state index contributed by atoms with van der Waals surface area (Å²) >= 11 is 13.1. The van der Waals surface area contributed by atoms with Crippen molar-refractivity contribution in [3.8, 4) is 11.1 Å². The zero-order chi connectivity index (χ0) is 25.5. The number of piperidine rings is 1. The molecular formula is C29H31Cl2N3O3. The van der Waals surface area contributed by atoms with E-state index in [4.69, 9.17) is 37.8 Å². The number of carbonyl (C=O) groups excluding carboxylic acids is 1. The zero-order valence-electron chi connectivity index (χ0n) is 20.9. The molecule has 1 saturated heterocycles. The fraction of sp³-hybridized carbons (Fsp3) is 0.448. The van der Waals surface area contributed by atoms with Gasteiger partial charge in [0.2, 0.25) is 0 Å². The highest BCUT2D eigenvalue weighted by Crippen LogP contribution is 2.44. The summed E-state index contributed by atoms with van der Waals surface area (Å²) in [5, 5.41) is 5.97. The summed E-state index contributed by atoms with van der Waals surface area (Å²) in [4.78, 5) is 13.9. The maximum Gasteiger partial charge on any atom is 0.305 e. The Bertz CT molecular complexity index is 1270. The Hall–Kier alpha value is -2.54. The number of benzene rings is 2. The van der Waals surface area contributed by atoms with Gasteiger partial charge < -0.3 is 14.4 Å². The predicted octanol–water partition coefficient (Wildman–Crippen LogP) is 6.48. The van der Waals surface area contributed by atoms with Gasteiger partial charge in [0.1, 0.15) is 0 Å². The highest BCUT2D eigenvalue weighted by atomic mass is 35.5. The number of aromatic nitrogens is 2. The number of aryl methyl sites for hydroxylation is 1. The fourth-order valence-electron chi connectivity index (χ4n) is 5.94. The standard InChI is InChI=1S/C29H31Cl2N3O3/c1-36-28(35)12-7-18-5-8-20(9-6-18)33-16-19-13-22(33)14-27(19)37-17-26-23(15-32-34(26)21-10-11-21)29-24(30)3-2-4-25(29)31/h2-6,8-9,15,19,21-22,27H,7,10-14,16-17H2,1H3/t19-,22-,27+/m0/s1. The smallest absolute Gasteiger partial charge is 0.305 e. The maximum absolute atomic E-state index is 11.4. The monoisotopic (exact) mass is 539 g/mol. The number of esters is 1. The molecule has 2 heterocycles. The van der Waals surface area contributed by atoms with Crippen LogP contribution in [0.2, 0.25) is 10.0 Å². The Morgan fingerprint density at radius 2 is 1.81 bits per heavy atom. The van der Waals surface area contributed by atoms with Crippen LogP contribution in [0.1, 0.15) is 49.4 Å². The van der Waals surface area contributed by atoms with Crippen molar-refractivity contribution in [3.63, 3.8) is 0 Å². The Balaban J connectivity index is 1.11. The number of nitrogens with zero attached hydrogens (tertiary/aromatic N) is 3. The summed E-state index contributed by atoms with van der Waals surface area (Å²) in [6.45, 7) is 1.51. The summed E-state index contributed by atoms with van der Waals surface area (Å²) < 4.78 is 13.5. The van der Waals surface area contributed by atoms with Gasteiger partial charge in [-0.15, -0.1) is 0 Å². The first-order valence-electron chi connectivity index (χ1n) is 13.1. The summed E-state index contributed by atoms with van der Waals surface area (Å²) in [6.07, 6.45) is 7.71. The van der Waals surface area contributed by atoms with Crippen molar-refractivity contribution < 1.29 is 14.3 Å². The molecule has 3 aromatic rings. The van der Waals surface area contributed by atoms with E-state index in [1.165, 1.54) is 12.8 Å². The number of halogens is 2. The molecule has 0 unspecified atom stereocenters. The van der Waals surface area contributed by atoms with E-state index in [0.717, 1.165) is 54.6 Å². The van der Waals surface area contributed by atoms with E-state index in [9.17, 15) is 4.79 Å². The van der Waals surface area contributed by atoms with Crippen LogP contribution in [0.5, 0.6) is 0 Å². The first kappa shape index (κ1) is 24.8. The largest absolute Gasteiger partial charge is 0.469 e. The van der Waals surface area contributed by atoms with Gasteiger partial charge in [-0.05, 0) is 61.9 Å². The Kier molecular flexibility index (Phi) is 6.91. The van der Waals surface area contributed by atoms with Gasteiger partial charge in [0.25, 0.3) is 0 Å². The summed E-state index contributed by atoms with van der Waals surface area (Å²) in [7, 11) is 1.43. The van der Waals surface area contributed by atoms with Crippen LogP contribution in [0, 0.1) is 5.92 Å². The molecule has 1 aromatic heterocycles. The molecule has 6 rings (SSSR count). The van der Waals surface area contributed by atoms with Gasteiger partial charge in [-0.2, -0.15) is 5.10 Å². The second-order valence-corrected chi connectivity index (χ2v) is 11.2. The van der Waals surface area contributed by atoms with Crippen LogP contribution in [0.25, 0.3) is 11.1 Å². The van der Waals surface area contributed by atoms with Crippen LogP contribution < -0.4 is 4.90 Å². The van der Waals surface area contributed by atoms with Crippen LogP contribution in [-0.2, 0) is 27.3 Å². The summed E-state index contributed by atoms with van der Waals surface area (Å²) in [5.74, 6) is 0.336. The zero-order valence-corrected chi connectivity index (χ0v) is 22.4. The number of anilines is 1. The van der Waals surface area contributed by atoms with Crippen LogP contribution in [0.4, 0.5) is 5.69 Å². The van der Waals surface area contributed by atoms with E-state index in [2.05, 4.69) is 33.8 Å². The normalized spacial score (nSPS) is 22.6. The van der Waals surface area contributed by atoms with Gasteiger partial charge in [0, 0.05) is 41.7 Å². The van der Waals surface area contributed by atoms with E-state index in [1.807, 2.05) is 24.4 Å². The topological polar surface area (TPSA) is 56.6 Å². The number of hydrogen-bond donors (Lipinski definition) is 0. The molecule has 2 saturated carbocycles. The highest BCUT2D eigenvalue weighted by molar-refractivity contribution is 6.39. The highest BCUT2D eigenvalue weighted by Gasteiger charge is 2.45. The second-order valence-electron chi connectivity index (χ2n) is 10.4. The number of rotatable bonds is 9. The van der Waals surface area contributed by atoms with Crippen molar-refractivity contribution in [3.05, 3.63) is 70.0 Å². The average Bonchev–Trinajstić information content (AvgIpc) is 3.36. The van der Waals surface area contributed by atoms with E-state index >= 15 is 0 Å². The Morgan fingerprint density at radius 3 is 2.46 bits per heavy atom. The molecule has 0 radical (unpaired) electrons. The lowest BCUT2D eigenvalue weighted by Crippen LogP contribution is -2.38. The molecule has 8 heteroatoms. The van der Waals surface area contributed by atoms with Crippen molar-refractivity contribution in [2.24, 2.45) is 5.92 Å². The molecule has 2 aromatic carbocycles. The van der Waals surface area contributed by atoms with Crippen molar-refractivity contribution in [1.82, 2.24) is 9.78 Å². The quantitative estimate of drug-likeness (QED) is 0.291. The molecule has 6 nitrogen and oxygen atoms in total. The van der Waals surface area contributed by atoms with Gasteiger partial charge in [-0.1, -0.05) is 41.4 Å². The predicted molar refractivity (Wildman–Crippen MR) is 145 cm³/mol. The van der Waals surface area contributed by atoms with Gasteiger partial charge in [0.05, 0.1) is 47.8 Å². The molecule has 3 aliphatic rings. The van der Waals surface area contributed by atoms with Crippen LogP contribution in [-0.4, -0.2) is 41.6 Å². The molecule has 37 heavy (non-hydrogen) atoms. The van der Waals surface area contributed by atoms with Crippen molar-refractivity contribution >= 4 is 34.9 Å². The number of ether oxygens (including phenoxy) is 2. The Morgan fingerprint density at radius 1 is 1.05 bits per heavy atom. The minimum atomic E-state index is -0.172. The first-order valence-corrected chi connectivity index (χ1v) is 13.8. The SMILES string of the molecule is COC(=O)CCc1ccc(N2C[C@@H]3C[C@H]2C[C@H]3OCc2c(-c3c(Cl)cccc3Cl)cnn2C2CC2)cc1. The minimum Gasteiger partial charge on any atom is -0.469 e. The molecule has 0 spiro atoms. The third-order valence-electron chi connectivity index (χ3n) is 8.05. The van der Waals surface area contributed by atoms with Gasteiger partial charge in [-0.25, -0.2) is 0 Å². The van der Waals surface area contributed by atoms with E-state index < -0.39 is 0 Å². The van der Waals surface area contributed by atoms with E-state index in [0.29, 0.717) is 47.5 Å². The molecule has 2 bridgehead atoms. The van der Waals surface area contributed by atoms with Crippen molar-refractivity contribution in [1.29, 1.82) is 0 Å². The van der Waals surface area contributed by atoms with Gasteiger partial charge >= 0.3 is 5.97 Å². The third-order valence-corrected chi connectivity index (χ3v) is 8.68. The van der Waals surface area contributed by atoms with E-state index in [1.54, 1.807) is 0 Å². The Labute approximate surface area is 227 Å². The molecule has 3 atom stereocenters. The molecule has 1 aliphatic heterocycles. The summed E-state index contributed by atoms with van der Waals surface area (Å²) in [6, 6.07) is 15.1. The lowest BCUT2D eigenvalue weighted by Gasteiger charge is -2.33. The third kappa shape index (κ3) is 4.99. The number of methoxy groups -OCH3 is 1. The minimum absolute atomic E-state index is 0.172. The van der Waals surface area contributed by atoms with Crippen LogP contribution >= 0.6 is 23.2 Å². The molecule has 3 fully saturated rings. The number of fused-ring (bicyclic) bond motifs is 2. The fourth-order valence-corrected chi connectivity index (χ4v) is 6.55.